The number of carbonyl (C=O) groups excluding carboxylic acids is 2. The van der Waals surface area contributed by atoms with Crippen molar-refractivity contribution < 1.29 is 14.3 Å². The van der Waals surface area contributed by atoms with Crippen LogP contribution in [0.4, 0.5) is 0 Å². The van der Waals surface area contributed by atoms with Gasteiger partial charge in [-0.15, -0.1) is 0 Å². The van der Waals surface area contributed by atoms with Gasteiger partial charge in [0.25, 0.3) is 5.91 Å². The summed E-state index contributed by atoms with van der Waals surface area (Å²) < 4.78 is 5.09. The average Bonchev–Trinajstić information content (AvgIpc) is 2.99. The number of benzene rings is 1. The van der Waals surface area contributed by atoms with Gasteiger partial charge >= 0.3 is 5.97 Å². The number of aryl methyl sites for hydroxylation is 1. The van der Waals surface area contributed by atoms with Crippen LogP contribution in [0.5, 0.6) is 0 Å². The third-order valence-electron chi connectivity index (χ3n) is 4.99. The number of aromatic nitrogens is 1. The molecule has 0 atom stereocenters. The second-order valence-electron chi connectivity index (χ2n) is 6.76. The van der Waals surface area contributed by atoms with Crippen LogP contribution in [0.1, 0.15) is 64.0 Å². The van der Waals surface area contributed by atoms with Gasteiger partial charge < -0.3 is 15.0 Å². The van der Waals surface area contributed by atoms with E-state index in [2.05, 4.69) is 35.1 Å². The van der Waals surface area contributed by atoms with Gasteiger partial charge in [0, 0.05) is 18.8 Å². The van der Waals surface area contributed by atoms with Crippen LogP contribution in [0.25, 0.3) is 0 Å². The lowest BCUT2D eigenvalue weighted by atomic mass is 10.1. The van der Waals surface area contributed by atoms with E-state index in [1.807, 2.05) is 18.2 Å². The number of ether oxygens (including phenoxy) is 1. The van der Waals surface area contributed by atoms with Gasteiger partial charge in [-0.05, 0) is 50.6 Å². The molecule has 2 rings (SSSR count). The van der Waals surface area contributed by atoms with Crippen LogP contribution in [0, 0.1) is 13.8 Å². The Labute approximate surface area is 167 Å². The minimum atomic E-state index is -0.405. The maximum Gasteiger partial charge on any atom is 0.340 e. The molecule has 0 aliphatic carbocycles. The zero-order valence-electron chi connectivity index (χ0n) is 17.5. The molecule has 1 aromatic heterocycles. The lowest BCUT2D eigenvalue weighted by molar-refractivity contribution is 0.0525. The maximum absolute atomic E-state index is 12.7. The van der Waals surface area contributed by atoms with Crippen LogP contribution in [0.2, 0.25) is 0 Å². The van der Waals surface area contributed by atoms with E-state index >= 15 is 0 Å². The van der Waals surface area contributed by atoms with Crippen molar-refractivity contribution in [3.63, 3.8) is 0 Å². The predicted molar refractivity (Wildman–Crippen MR) is 110 cm³/mol. The smallest absolute Gasteiger partial charge is 0.340 e. The molecule has 0 radical (unpaired) electrons. The van der Waals surface area contributed by atoms with Crippen molar-refractivity contribution >= 4 is 11.9 Å². The van der Waals surface area contributed by atoms with Crippen molar-refractivity contribution in [1.82, 2.24) is 15.2 Å². The number of esters is 1. The van der Waals surface area contributed by atoms with Gasteiger partial charge in [-0.1, -0.05) is 38.1 Å². The van der Waals surface area contributed by atoms with Gasteiger partial charge in [-0.25, -0.2) is 4.79 Å². The van der Waals surface area contributed by atoms with Crippen LogP contribution in [0.15, 0.2) is 24.3 Å². The molecule has 6 nitrogen and oxygen atoms in total. The fraction of sp³-hybridized carbons (Fsp3) is 0.455. The van der Waals surface area contributed by atoms with E-state index in [1.54, 1.807) is 20.8 Å². The summed E-state index contributed by atoms with van der Waals surface area (Å²) in [6, 6.07) is 8.14. The molecule has 28 heavy (non-hydrogen) atoms. The van der Waals surface area contributed by atoms with E-state index in [1.165, 1.54) is 5.56 Å². The SMILES string of the molecule is CCOC(=O)c1c(C)[nH]c(C(=O)NCc2ccccc2CN(CC)CC)c1C. The Hall–Kier alpha value is -2.60. The molecule has 1 aromatic carbocycles. The van der Waals surface area contributed by atoms with Crippen LogP contribution in [0.3, 0.4) is 0 Å². The van der Waals surface area contributed by atoms with Crippen LogP contribution in [-0.2, 0) is 17.8 Å². The fourth-order valence-corrected chi connectivity index (χ4v) is 3.32. The van der Waals surface area contributed by atoms with Gasteiger partial charge in [-0.2, -0.15) is 0 Å². The highest BCUT2D eigenvalue weighted by atomic mass is 16.5. The minimum absolute atomic E-state index is 0.228. The van der Waals surface area contributed by atoms with Crippen molar-refractivity contribution in [2.45, 2.75) is 47.7 Å². The van der Waals surface area contributed by atoms with Crippen molar-refractivity contribution in [3.8, 4) is 0 Å². The molecule has 6 heteroatoms. The second kappa shape index (κ2) is 10.1. The summed E-state index contributed by atoms with van der Waals surface area (Å²) in [7, 11) is 0. The highest BCUT2D eigenvalue weighted by Gasteiger charge is 2.22. The Bertz CT molecular complexity index is 822. The van der Waals surface area contributed by atoms with E-state index in [-0.39, 0.29) is 5.91 Å². The van der Waals surface area contributed by atoms with Gasteiger partial charge in [0.1, 0.15) is 5.69 Å². The monoisotopic (exact) mass is 385 g/mol. The summed E-state index contributed by atoms with van der Waals surface area (Å²) in [5.41, 5.74) is 4.40. The van der Waals surface area contributed by atoms with Gasteiger partial charge in [0.05, 0.1) is 12.2 Å². The van der Waals surface area contributed by atoms with Crippen LogP contribution in [-0.4, -0.2) is 41.5 Å². The lowest BCUT2D eigenvalue weighted by Crippen LogP contribution is -2.26. The van der Waals surface area contributed by atoms with Gasteiger partial charge in [-0.3, -0.25) is 9.69 Å². The van der Waals surface area contributed by atoms with Gasteiger partial charge in [0.15, 0.2) is 0 Å². The first-order valence-corrected chi connectivity index (χ1v) is 9.86. The average molecular weight is 386 g/mol. The molecule has 1 heterocycles. The summed E-state index contributed by atoms with van der Waals surface area (Å²) in [4.78, 5) is 30.2. The molecule has 2 N–H and O–H groups in total. The zero-order chi connectivity index (χ0) is 20.7. The number of nitrogens with zero attached hydrogens (tertiary/aromatic N) is 1. The third-order valence-corrected chi connectivity index (χ3v) is 4.99. The molecule has 0 aliphatic rings. The fourth-order valence-electron chi connectivity index (χ4n) is 3.32. The topological polar surface area (TPSA) is 74.4 Å². The van der Waals surface area contributed by atoms with Crippen molar-refractivity contribution in [2.24, 2.45) is 0 Å². The van der Waals surface area contributed by atoms with E-state index in [9.17, 15) is 9.59 Å². The Morgan fingerprint density at radius 1 is 1.07 bits per heavy atom. The number of aromatic amines is 1. The molecule has 0 bridgehead atoms. The Balaban J connectivity index is 2.13. The molecule has 152 valence electrons. The number of nitrogens with one attached hydrogen (secondary N) is 2. The molecule has 2 aromatic rings. The summed E-state index contributed by atoms with van der Waals surface area (Å²) in [6.07, 6.45) is 0. The van der Waals surface area contributed by atoms with Crippen molar-refractivity contribution in [2.75, 3.05) is 19.7 Å². The highest BCUT2D eigenvalue weighted by molar-refractivity contribution is 6.00. The number of hydrogen-bond acceptors (Lipinski definition) is 4. The lowest BCUT2D eigenvalue weighted by Gasteiger charge is -2.20. The number of rotatable bonds is 9. The molecule has 0 unspecified atom stereocenters. The van der Waals surface area contributed by atoms with Crippen LogP contribution >= 0.6 is 0 Å². The predicted octanol–water partition coefficient (Wildman–Crippen LogP) is 3.58. The normalized spacial score (nSPS) is 10.9. The summed E-state index contributed by atoms with van der Waals surface area (Å²) in [5.74, 6) is -0.633. The highest BCUT2D eigenvalue weighted by Crippen LogP contribution is 2.19. The van der Waals surface area contributed by atoms with E-state index in [4.69, 9.17) is 4.74 Å². The molecule has 1 amide bonds. The Morgan fingerprint density at radius 2 is 1.71 bits per heavy atom. The molecule has 0 saturated heterocycles. The van der Waals surface area contributed by atoms with Crippen molar-refractivity contribution in [1.29, 1.82) is 0 Å². The molecular weight excluding hydrogens is 354 g/mol. The van der Waals surface area contributed by atoms with Crippen LogP contribution < -0.4 is 5.32 Å². The number of carbonyl (C=O) groups is 2. The molecule has 0 aliphatic heterocycles. The zero-order valence-corrected chi connectivity index (χ0v) is 17.5. The Kier molecular flexibility index (Phi) is 7.81. The summed E-state index contributed by atoms with van der Waals surface area (Å²) in [6.45, 7) is 13.1. The largest absolute Gasteiger partial charge is 0.462 e. The van der Waals surface area contributed by atoms with Gasteiger partial charge in [0.2, 0.25) is 0 Å². The minimum Gasteiger partial charge on any atom is -0.462 e. The number of hydrogen-bond donors (Lipinski definition) is 2. The summed E-state index contributed by atoms with van der Waals surface area (Å²) >= 11 is 0. The van der Waals surface area contributed by atoms with Crippen molar-refractivity contribution in [3.05, 3.63) is 57.9 Å². The van der Waals surface area contributed by atoms with E-state index in [0.717, 1.165) is 25.2 Å². The first-order chi connectivity index (χ1) is 13.4. The molecular formula is C22H31N3O3. The second-order valence-corrected chi connectivity index (χ2v) is 6.76. The number of H-pyrrole nitrogens is 1. The maximum atomic E-state index is 12.7. The molecule has 0 spiro atoms. The first-order valence-electron chi connectivity index (χ1n) is 9.86. The Morgan fingerprint density at radius 3 is 2.32 bits per heavy atom. The number of amides is 1. The molecule has 0 fully saturated rings. The molecule has 0 saturated carbocycles. The quantitative estimate of drug-likeness (QED) is 0.647. The van der Waals surface area contributed by atoms with E-state index in [0.29, 0.717) is 35.7 Å². The summed E-state index contributed by atoms with van der Waals surface area (Å²) in [5, 5.41) is 2.98. The first kappa shape index (κ1) is 21.7. The third kappa shape index (κ3) is 5.01. The van der Waals surface area contributed by atoms with E-state index < -0.39 is 5.97 Å². The standard InChI is InChI=1S/C22H31N3O3/c1-6-25(7-2)14-18-12-10-9-11-17(18)13-23-21(26)20-15(4)19(16(5)24-20)22(27)28-8-3/h9-12,24H,6-8,13-14H2,1-5H3,(H,23,26).